The van der Waals surface area contributed by atoms with Gasteiger partial charge in [0.15, 0.2) is 0 Å². The van der Waals surface area contributed by atoms with E-state index in [1.165, 1.54) is 0 Å². The average Bonchev–Trinajstić information content (AvgIpc) is 2.72. The molecular weight excluding hydrogens is 434 g/mol. The van der Waals surface area contributed by atoms with E-state index in [2.05, 4.69) is 0 Å². The molecular formula is C22H23F4NO5. The van der Waals surface area contributed by atoms with E-state index in [0.717, 1.165) is 30.5 Å². The van der Waals surface area contributed by atoms with Crippen LogP contribution >= 0.6 is 0 Å². The second-order valence-electron chi connectivity index (χ2n) is 6.45. The molecule has 0 spiro atoms. The monoisotopic (exact) mass is 457 g/mol. The fraction of sp³-hybridized carbons (Fsp3) is 0.273. The quantitative estimate of drug-likeness (QED) is 0.283. The van der Waals surface area contributed by atoms with Crippen LogP contribution in [0.2, 0.25) is 0 Å². The topological polar surface area (TPSA) is 110 Å². The lowest BCUT2D eigenvalue weighted by Gasteiger charge is -2.20. The summed E-state index contributed by atoms with van der Waals surface area (Å²) in [6.07, 6.45) is -1.71. The first-order valence-corrected chi connectivity index (χ1v) is 9.47. The van der Waals surface area contributed by atoms with Gasteiger partial charge in [0, 0.05) is 18.2 Å². The number of alkyl halides is 3. The summed E-state index contributed by atoms with van der Waals surface area (Å²) < 4.78 is 57.3. The van der Waals surface area contributed by atoms with Crippen molar-refractivity contribution < 1.29 is 42.1 Å². The van der Waals surface area contributed by atoms with Crippen molar-refractivity contribution in [1.82, 2.24) is 0 Å². The van der Waals surface area contributed by atoms with Crippen molar-refractivity contribution in [2.24, 2.45) is 5.73 Å². The molecule has 0 radical (unpaired) electrons. The van der Waals surface area contributed by atoms with E-state index in [1.807, 2.05) is 30.3 Å². The third-order valence-electron chi connectivity index (χ3n) is 3.98. The lowest BCUT2D eigenvalue weighted by atomic mass is 10.0. The Kier molecular flexibility index (Phi) is 10.9. The summed E-state index contributed by atoms with van der Waals surface area (Å²) in [7, 11) is 0. The number of carboxylic acid groups (broad SMARTS) is 2. The molecule has 0 aliphatic heterocycles. The number of carbonyl (C=O) groups is 2. The SMILES string of the molecule is NCCCC[C@H](Oc1ccc(C(F)(F)F)c(F)c1)c1ccccc1.O=C(O)/C=C/C(=O)O. The Hall–Kier alpha value is -3.40. The molecule has 0 heterocycles. The molecule has 0 bridgehead atoms. The molecule has 6 nitrogen and oxygen atoms in total. The summed E-state index contributed by atoms with van der Waals surface area (Å²) in [4.78, 5) is 19.1. The van der Waals surface area contributed by atoms with Gasteiger partial charge in [0.2, 0.25) is 0 Å². The highest BCUT2D eigenvalue weighted by Crippen LogP contribution is 2.34. The first-order valence-electron chi connectivity index (χ1n) is 9.47. The molecule has 174 valence electrons. The second-order valence-corrected chi connectivity index (χ2v) is 6.45. The van der Waals surface area contributed by atoms with Gasteiger partial charge in [-0.3, -0.25) is 0 Å². The number of carboxylic acids is 2. The van der Waals surface area contributed by atoms with Crippen molar-refractivity contribution in [2.45, 2.75) is 31.5 Å². The molecule has 4 N–H and O–H groups in total. The van der Waals surface area contributed by atoms with Crippen LogP contribution in [0.3, 0.4) is 0 Å². The van der Waals surface area contributed by atoms with Crippen molar-refractivity contribution >= 4 is 11.9 Å². The minimum absolute atomic E-state index is 0.0714. The smallest absolute Gasteiger partial charge is 0.419 e. The van der Waals surface area contributed by atoms with Crippen molar-refractivity contribution in [3.8, 4) is 5.75 Å². The molecule has 1 atom stereocenters. The fourth-order valence-corrected chi connectivity index (χ4v) is 2.54. The van der Waals surface area contributed by atoms with Crippen LogP contribution in [0.5, 0.6) is 5.75 Å². The highest BCUT2D eigenvalue weighted by molar-refractivity contribution is 5.89. The van der Waals surface area contributed by atoms with E-state index in [1.54, 1.807) is 0 Å². The number of halogens is 4. The van der Waals surface area contributed by atoms with Gasteiger partial charge < -0.3 is 20.7 Å². The molecule has 0 aliphatic carbocycles. The van der Waals surface area contributed by atoms with E-state index in [4.69, 9.17) is 20.7 Å². The van der Waals surface area contributed by atoms with Gasteiger partial charge in [-0.15, -0.1) is 0 Å². The summed E-state index contributed by atoms with van der Waals surface area (Å²) in [5, 5.41) is 15.6. The number of aliphatic carboxylic acids is 2. The van der Waals surface area contributed by atoms with E-state index >= 15 is 0 Å². The van der Waals surface area contributed by atoms with Crippen LogP contribution in [0, 0.1) is 5.82 Å². The van der Waals surface area contributed by atoms with Crippen LogP contribution in [-0.2, 0) is 15.8 Å². The van der Waals surface area contributed by atoms with Crippen LogP contribution in [0.25, 0.3) is 0 Å². The zero-order valence-corrected chi connectivity index (χ0v) is 16.9. The van der Waals surface area contributed by atoms with Gasteiger partial charge in [-0.1, -0.05) is 30.3 Å². The molecule has 10 heteroatoms. The lowest BCUT2D eigenvalue weighted by molar-refractivity contribution is -0.140. The van der Waals surface area contributed by atoms with Crippen LogP contribution in [0.1, 0.15) is 36.5 Å². The fourth-order valence-electron chi connectivity index (χ4n) is 2.54. The maximum atomic E-state index is 13.7. The Morgan fingerprint density at radius 2 is 1.59 bits per heavy atom. The molecule has 0 saturated heterocycles. The van der Waals surface area contributed by atoms with Gasteiger partial charge in [-0.2, -0.15) is 13.2 Å². The number of nitrogens with two attached hydrogens (primary N) is 1. The van der Waals surface area contributed by atoms with E-state index in [9.17, 15) is 27.2 Å². The predicted molar refractivity (Wildman–Crippen MR) is 109 cm³/mol. The van der Waals surface area contributed by atoms with Gasteiger partial charge in [-0.25, -0.2) is 14.0 Å². The molecule has 0 saturated carbocycles. The van der Waals surface area contributed by atoms with Gasteiger partial charge in [0.25, 0.3) is 0 Å². The Morgan fingerprint density at radius 3 is 2.06 bits per heavy atom. The van der Waals surface area contributed by atoms with Crippen LogP contribution < -0.4 is 10.5 Å². The average molecular weight is 457 g/mol. The van der Waals surface area contributed by atoms with E-state index < -0.39 is 29.5 Å². The molecule has 0 fully saturated rings. The van der Waals surface area contributed by atoms with Gasteiger partial charge >= 0.3 is 18.1 Å². The van der Waals surface area contributed by atoms with Crippen LogP contribution in [0.15, 0.2) is 60.7 Å². The Labute approximate surface area is 181 Å². The maximum Gasteiger partial charge on any atom is 0.419 e. The zero-order chi connectivity index (χ0) is 24.1. The number of rotatable bonds is 9. The summed E-state index contributed by atoms with van der Waals surface area (Å²) in [6, 6.07) is 11.9. The number of hydrogen-bond acceptors (Lipinski definition) is 4. The van der Waals surface area contributed by atoms with Crippen molar-refractivity contribution in [1.29, 1.82) is 0 Å². The molecule has 2 rings (SSSR count). The third-order valence-corrected chi connectivity index (χ3v) is 3.98. The molecule has 0 amide bonds. The minimum Gasteiger partial charge on any atom is -0.486 e. The molecule has 32 heavy (non-hydrogen) atoms. The summed E-state index contributed by atoms with van der Waals surface area (Å²) >= 11 is 0. The highest BCUT2D eigenvalue weighted by atomic mass is 19.4. The van der Waals surface area contributed by atoms with Crippen molar-refractivity contribution in [2.75, 3.05) is 6.54 Å². The van der Waals surface area contributed by atoms with Crippen LogP contribution in [0.4, 0.5) is 17.6 Å². The second kappa shape index (κ2) is 13.1. The first-order chi connectivity index (χ1) is 15.0. The van der Waals surface area contributed by atoms with E-state index in [0.29, 0.717) is 31.2 Å². The molecule has 0 aromatic heterocycles. The van der Waals surface area contributed by atoms with Crippen LogP contribution in [-0.4, -0.2) is 28.7 Å². The number of hydrogen-bond donors (Lipinski definition) is 3. The summed E-state index contributed by atoms with van der Waals surface area (Å²) in [6.45, 7) is 0.552. The Balaban J connectivity index is 0.000000547. The third kappa shape index (κ3) is 10.1. The number of unbranched alkanes of at least 4 members (excludes halogenated alkanes) is 1. The first kappa shape index (κ1) is 26.6. The van der Waals surface area contributed by atoms with Gasteiger partial charge in [0.05, 0.1) is 5.56 Å². The largest absolute Gasteiger partial charge is 0.486 e. The van der Waals surface area contributed by atoms with E-state index in [-0.39, 0.29) is 11.9 Å². The normalized spacial score (nSPS) is 12.0. The van der Waals surface area contributed by atoms with Gasteiger partial charge in [0.1, 0.15) is 17.7 Å². The van der Waals surface area contributed by atoms with Gasteiger partial charge in [-0.05, 0) is 43.5 Å². The molecule has 0 unspecified atom stereocenters. The number of benzene rings is 2. The zero-order valence-electron chi connectivity index (χ0n) is 16.9. The Morgan fingerprint density at radius 1 is 1.00 bits per heavy atom. The summed E-state index contributed by atoms with van der Waals surface area (Å²) in [5.74, 6) is -3.78. The molecule has 2 aromatic rings. The summed E-state index contributed by atoms with van der Waals surface area (Å²) in [5.41, 5.74) is 5.07. The maximum absolute atomic E-state index is 13.7. The van der Waals surface area contributed by atoms with Crippen molar-refractivity contribution in [3.63, 3.8) is 0 Å². The highest BCUT2D eigenvalue weighted by Gasteiger charge is 2.34. The van der Waals surface area contributed by atoms with Crippen molar-refractivity contribution in [3.05, 3.63) is 77.6 Å². The molecule has 2 aromatic carbocycles. The number of ether oxygens (including phenoxy) is 1. The Bertz CT molecular complexity index is 885. The minimum atomic E-state index is -4.72. The predicted octanol–water partition coefficient (Wildman–Crippen LogP) is 4.81. The standard InChI is InChI=1S/C18H19F4NO.C4H4O4/c19-16-12-14(9-10-15(16)18(20,21)22)24-17(8-4-5-11-23)13-6-2-1-3-7-13;5-3(6)1-2-4(7)8/h1-3,6-7,9-10,12,17H,4-5,8,11,23H2;1-2H,(H,5,6)(H,7,8)/b;2-1+/t17-;/m0./s1. The lowest BCUT2D eigenvalue weighted by Crippen LogP contribution is -2.11. The molecule has 0 aliphatic rings.